The molecule has 4 nitrogen and oxygen atoms in total. The van der Waals surface area contributed by atoms with Crippen molar-refractivity contribution in [3.05, 3.63) is 17.7 Å². The van der Waals surface area contributed by atoms with Crippen molar-refractivity contribution < 1.29 is 13.2 Å². The number of nitrogens with zero attached hydrogens (tertiary/aromatic N) is 3. The highest BCUT2D eigenvalue weighted by Crippen LogP contribution is 2.31. The number of rotatable bonds is 5. The van der Waals surface area contributed by atoms with Crippen molar-refractivity contribution >= 4 is 0 Å². The van der Waals surface area contributed by atoms with Crippen molar-refractivity contribution in [3.8, 4) is 0 Å². The average Bonchev–Trinajstić information content (AvgIpc) is 3.07. The maximum absolute atomic E-state index is 12.6. The van der Waals surface area contributed by atoms with Crippen LogP contribution in [0.1, 0.15) is 56.0 Å². The van der Waals surface area contributed by atoms with E-state index in [1.807, 2.05) is 0 Å². The SMILES string of the molecule is FC(F)(F)c1cnc(C2CCN(CCCN3CCCCC3)CC2)[nH]1. The molecule has 0 spiro atoms. The first kappa shape index (κ1) is 17.7. The molecule has 0 saturated carbocycles. The normalized spacial score (nSPS) is 22.1. The van der Waals surface area contributed by atoms with Crippen molar-refractivity contribution in [1.29, 1.82) is 0 Å². The molecule has 0 aliphatic carbocycles. The lowest BCUT2D eigenvalue weighted by molar-refractivity contribution is -0.141. The number of aromatic nitrogens is 2. The van der Waals surface area contributed by atoms with Crippen LogP contribution in [0.5, 0.6) is 0 Å². The van der Waals surface area contributed by atoms with Gasteiger partial charge in [0.2, 0.25) is 0 Å². The van der Waals surface area contributed by atoms with Gasteiger partial charge in [0.05, 0.1) is 6.20 Å². The zero-order valence-electron chi connectivity index (χ0n) is 14.1. The molecular formula is C17H27F3N4. The quantitative estimate of drug-likeness (QED) is 0.888. The summed E-state index contributed by atoms with van der Waals surface area (Å²) >= 11 is 0. The maximum atomic E-state index is 12.6. The Bertz CT molecular complexity index is 500. The molecule has 2 saturated heterocycles. The molecule has 2 aliphatic heterocycles. The van der Waals surface area contributed by atoms with Gasteiger partial charge < -0.3 is 14.8 Å². The Labute approximate surface area is 141 Å². The summed E-state index contributed by atoms with van der Waals surface area (Å²) in [7, 11) is 0. The summed E-state index contributed by atoms with van der Waals surface area (Å²) in [5.74, 6) is 0.620. The van der Waals surface area contributed by atoms with Gasteiger partial charge in [-0.05, 0) is 71.4 Å². The average molecular weight is 344 g/mol. The second-order valence-corrected chi connectivity index (χ2v) is 7.05. The summed E-state index contributed by atoms with van der Waals surface area (Å²) in [6, 6.07) is 0. The number of imidazole rings is 1. The molecule has 2 fully saturated rings. The Balaban J connectivity index is 1.38. The van der Waals surface area contributed by atoms with Crippen LogP contribution in [-0.4, -0.2) is 59.0 Å². The molecule has 136 valence electrons. The lowest BCUT2D eigenvalue weighted by atomic mass is 9.96. The Morgan fingerprint density at radius 2 is 1.62 bits per heavy atom. The van der Waals surface area contributed by atoms with E-state index in [-0.39, 0.29) is 5.92 Å². The van der Waals surface area contributed by atoms with Crippen molar-refractivity contribution in [2.45, 2.75) is 50.6 Å². The van der Waals surface area contributed by atoms with Gasteiger partial charge >= 0.3 is 6.18 Å². The topological polar surface area (TPSA) is 35.2 Å². The van der Waals surface area contributed by atoms with Crippen molar-refractivity contribution in [2.24, 2.45) is 0 Å². The fourth-order valence-corrected chi connectivity index (χ4v) is 3.82. The zero-order chi connectivity index (χ0) is 17.0. The van der Waals surface area contributed by atoms with E-state index in [0.29, 0.717) is 5.82 Å². The van der Waals surface area contributed by atoms with E-state index in [0.717, 1.165) is 38.7 Å². The number of aromatic amines is 1. The molecule has 2 aliphatic rings. The maximum Gasteiger partial charge on any atom is 0.432 e. The number of likely N-dealkylation sites (tertiary alicyclic amines) is 2. The van der Waals surface area contributed by atoms with Gasteiger partial charge in [-0.25, -0.2) is 4.98 Å². The van der Waals surface area contributed by atoms with Crippen LogP contribution in [0.3, 0.4) is 0 Å². The molecule has 1 aromatic rings. The smallest absolute Gasteiger partial charge is 0.338 e. The number of piperidine rings is 2. The summed E-state index contributed by atoms with van der Waals surface area (Å²) in [5.41, 5.74) is -0.735. The van der Waals surface area contributed by atoms with Gasteiger partial charge in [0.15, 0.2) is 0 Å². The number of nitrogens with one attached hydrogen (secondary N) is 1. The van der Waals surface area contributed by atoms with Crippen LogP contribution in [0, 0.1) is 0 Å². The number of hydrogen-bond acceptors (Lipinski definition) is 3. The van der Waals surface area contributed by atoms with Crippen LogP contribution in [-0.2, 0) is 6.18 Å². The van der Waals surface area contributed by atoms with Crippen molar-refractivity contribution in [2.75, 3.05) is 39.3 Å². The van der Waals surface area contributed by atoms with E-state index in [1.165, 1.54) is 45.3 Å². The van der Waals surface area contributed by atoms with Gasteiger partial charge in [0.1, 0.15) is 11.5 Å². The molecule has 7 heteroatoms. The van der Waals surface area contributed by atoms with Crippen LogP contribution >= 0.6 is 0 Å². The fraction of sp³-hybridized carbons (Fsp3) is 0.824. The van der Waals surface area contributed by atoms with E-state index in [2.05, 4.69) is 19.8 Å². The zero-order valence-corrected chi connectivity index (χ0v) is 14.1. The molecule has 0 aromatic carbocycles. The summed E-state index contributed by atoms with van der Waals surface area (Å²) in [6.07, 6.45) is 3.56. The highest BCUT2D eigenvalue weighted by Gasteiger charge is 2.34. The molecule has 0 radical (unpaired) electrons. The second kappa shape index (κ2) is 7.87. The van der Waals surface area contributed by atoms with Crippen LogP contribution in [0.15, 0.2) is 6.20 Å². The third-order valence-electron chi connectivity index (χ3n) is 5.27. The Morgan fingerprint density at radius 1 is 1.00 bits per heavy atom. The van der Waals surface area contributed by atoms with Crippen LogP contribution in [0.25, 0.3) is 0 Å². The summed E-state index contributed by atoms with van der Waals surface area (Å²) in [6.45, 7) is 6.64. The van der Waals surface area contributed by atoms with Gasteiger partial charge in [-0.15, -0.1) is 0 Å². The number of H-pyrrole nitrogens is 1. The summed E-state index contributed by atoms with van der Waals surface area (Å²) in [4.78, 5) is 11.4. The first-order valence-corrected chi connectivity index (χ1v) is 9.09. The Kier molecular flexibility index (Phi) is 5.81. The van der Waals surface area contributed by atoms with E-state index in [4.69, 9.17) is 0 Å². The molecule has 0 atom stereocenters. The van der Waals surface area contributed by atoms with Gasteiger partial charge in [-0.1, -0.05) is 6.42 Å². The van der Waals surface area contributed by atoms with Crippen molar-refractivity contribution in [3.63, 3.8) is 0 Å². The van der Waals surface area contributed by atoms with E-state index in [9.17, 15) is 13.2 Å². The molecular weight excluding hydrogens is 317 g/mol. The summed E-state index contributed by atoms with van der Waals surface area (Å²) in [5, 5.41) is 0. The van der Waals surface area contributed by atoms with E-state index >= 15 is 0 Å². The van der Waals surface area contributed by atoms with Gasteiger partial charge in [-0.2, -0.15) is 13.2 Å². The highest BCUT2D eigenvalue weighted by atomic mass is 19.4. The van der Waals surface area contributed by atoms with Crippen LogP contribution in [0.4, 0.5) is 13.2 Å². The predicted molar refractivity (Wildman–Crippen MR) is 86.9 cm³/mol. The first-order valence-electron chi connectivity index (χ1n) is 9.09. The van der Waals surface area contributed by atoms with Crippen molar-refractivity contribution in [1.82, 2.24) is 19.8 Å². The van der Waals surface area contributed by atoms with E-state index < -0.39 is 11.9 Å². The molecule has 3 rings (SSSR count). The lowest BCUT2D eigenvalue weighted by Crippen LogP contribution is -2.36. The lowest BCUT2D eigenvalue weighted by Gasteiger charge is -2.32. The second-order valence-electron chi connectivity index (χ2n) is 7.05. The van der Waals surface area contributed by atoms with Gasteiger partial charge in [0.25, 0.3) is 0 Å². The predicted octanol–water partition coefficient (Wildman–Crippen LogP) is 3.48. The van der Waals surface area contributed by atoms with Gasteiger partial charge in [0, 0.05) is 5.92 Å². The minimum absolute atomic E-state index is 0.124. The van der Waals surface area contributed by atoms with Gasteiger partial charge in [-0.3, -0.25) is 0 Å². The molecule has 24 heavy (non-hydrogen) atoms. The largest absolute Gasteiger partial charge is 0.432 e. The third-order valence-corrected chi connectivity index (χ3v) is 5.27. The number of hydrogen-bond donors (Lipinski definition) is 1. The molecule has 1 aromatic heterocycles. The van der Waals surface area contributed by atoms with E-state index in [1.54, 1.807) is 0 Å². The molecule has 0 amide bonds. The number of halogens is 3. The highest BCUT2D eigenvalue weighted by molar-refractivity contribution is 5.09. The molecule has 1 N–H and O–H groups in total. The van der Waals surface area contributed by atoms with Crippen LogP contribution < -0.4 is 0 Å². The number of alkyl halides is 3. The first-order chi connectivity index (χ1) is 11.5. The molecule has 0 bridgehead atoms. The summed E-state index contributed by atoms with van der Waals surface area (Å²) < 4.78 is 37.9. The minimum atomic E-state index is -4.33. The molecule has 3 heterocycles. The Morgan fingerprint density at radius 3 is 2.21 bits per heavy atom. The molecule has 0 unspecified atom stereocenters. The van der Waals surface area contributed by atoms with Crippen LogP contribution in [0.2, 0.25) is 0 Å². The Hall–Kier alpha value is -1.08. The standard InChI is InChI=1S/C17H27F3N4/c18-17(19,20)15-13-21-16(22-15)14-5-11-24(12-6-14)10-4-9-23-7-2-1-3-8-23/h13-14H,1-12H2,(H,21,22). The monoisotopic (exact) mass is 344 g/mol. The fourth-order valence-electron chi connectivity index (χ4n) is 3.82. The third kappa shape index (κ3) is 4.72. The minimum Gasteiger partial charge on any atom is -0.338 e.